The van der Waals surface area contributed by atoms with E-state index < -0.39 is 5.97 Å². The molecule has 0 saturated carbocycles. The number of carbonyl (C=O) groups is 2. The lowest BCUT2D eigenvalue weighted by molar-refractivity contribution is -0.116. The summed E-state index contributed by atoms with van der Waals surface area (Å²) >= 11 is 0. The van der Waals surface area contributed by atoms with Crippen molar-refractivity contribution in [3.05, 3.63) is 48.5 Å². The molecule has 1 aromatic carbocycles. The number of nitrogens with one attached hydrogen (secondary N) is 1. The number of aromatic carboxylic acids is 1. The second-order valence-electron chi connectivity index (χ2n) is 3.95. The van der Waals surface area contributed by atoms with E-state index >= 15 is 0 Å². The van der Waals surface area contributed by atoms with Gasteiger partial charge in [-0.1, -0.05) is 12.1 Å². The minimum absolute atomic E-state index is 0.0819. The SMILES string of the molecule is O=C(CCn1ccnc1)Nc1ccccc1C(=O)O. The average Bonchev–Trinajstić information content (AvgIpc) is 2.90. The number of rotatable bonds is 5. The van der Waals surface area contributed by atoms with Gasteiger partial charge in [0.1, 0.15) is 0 Å². The van der Waals surface area contributed by atoms with E-state index in [9.17, 15) is 9.59 Å². The van der Waals surface area contributed by atoms with Crippen molar-refractivity contribution in [3.63, 3.8) is 0 Å². The zero-order chi connectivity index (χ0) is 13.7. The Kier molecular flexibility index (Phi) is 3.92. The standard InChI is InChI=1S/C13H13N3O3/c17-12(5-7-16-8-6-14-9-16)15-11-4-2-1-3-10(11)13(18)19/h1-4,6,8-9H,5,7H2,(H,15,17)(H,18,19). The fourth-order valence-electron chi connectivity index (χ4n) is 1.64. The number of aromatic nitrogens is 2. The molecule has 1 heterocycles. The molecule has 0 unspecified atom stereocenters. The maximum absolute atomic E-state index is 11.7. The van der Waals surface area contributed by atoms with Crippen LogP contribution >= 0.6 is 0 Å². The Morgan fingerprint density at radius 1 is 1.32 bits per heavy atom. The molecule has 0 radical (unpaired) electrons. The second-order valence-corrected chi connectivity index (χ2v) is 3.95. The van der Waals surface area contributed by atoms with Crippen molar-refractivity contribution in [1.29, 1.82) is 0 Å². The minimum atomic E-state index is -1.06. The van der Waals surface area contributed by atoms with Gasteiger partial charge in [-0.3, -0.25) is 4.79 Å². The Morgan fingerprint density at radius 2 is 2.11 bits per heavy atom. The van der Waals surface area contributed by atoms with E-state index in [4.69, 9.17) is 5.11 Å². The van der Waals surface area contributed by atoms with E-state index in [0.717, 1.165) is 0 Å². The monoisotopic (exact) mass is 259 g/mol. The molecule has 1 amide bonds. The van der Waals surface area contributed by atoms with Crippen molar-refractivity contribution in [3.8, 4) is 0 Å². The highest BCUT2D eigenvalue weighted by Gasteiger charge is 2.11. The van der Waals surface area contributed by atoms with Crippen LogP contribution < -0.4 is 5.32 Å². The number of nitrogens with zero attached hydrogens (tertiary/aromatic N) is 2. The summed E-state index contributed by atoms with van der Waals surface area (Å²) in [6.07, 6.45) is 5.28. The lowest BCUT2D eigenvalue weighted by Gasteiger charge is -2.08. The van der Waals surface area contributed by atoms with Crippen molar-refractivity contribution in [1.82, 2.24) is 9.55 Å². The summed E-state index contributed by atoms with van der Waals surface area (Å²) in [5.74, 6) is -1.30. The largest absolute Gasteiger partial charge is 0.478 e. The molecule has 0 atom stereocenters. The zero-order valence-corrected chi connectivity index (χ0v) is 10.1. The zero-order valence-electron chi connectivity index (χ0n) is 10.1. The number of amides is 1. The Bertz CT molecular complexity index is 579. The van der Waals surface area contributed by atoms with Crippen molar-refractivity contribution in [2.24, 2.45) is 0 Å². The van der Waals surface area contributed by atoms with Gasteiger partial charge >= 0.3 is 5.97 Å². The van der Waals surface area contributed by atoms with Crippen LogP contribution in [0, 0.1) is 0 Å². The molecule has 19 heavy (non-hydrogen) atoms. The second kappa shape index (κ2) is 5.81. The molecule has 0 bridgehead atoms. The van der Waals surface area contributed by atoms with Crippen molar-refractivity contribution in [2.75, 3.05) is 5.32 Å². The third-order valence-electron chi connectivity index (χ3n) is 2.59. The summed E-state index contributed by atoms with van der Waals surface area (Å²) in [4.78, 5) is 26.6. The van der Waals surface area contributed by atoms with Gasteiger partial charge in [-0.05, 0) is 12.1 Å². The van der Waals surface area contributed by atoms with Crippen molar-refractivity contribution < 1.29 is 14.7 Å². The molecule has 2 N–H and O–H groups in total. The molecular formula is C13H13N3O3. The van der Waals surface area contributed by atoms with Gasteiger partial charge in [-0.25, -0.2) is 9.78 Å². The van der Waals surface area contributed by atoms with Crippen LogP contribution in [0.25, 0.3) is 0 Å². The third-order valence-corrected chi connectivity index (χ3v) is 2.59. The molecule has 0 saturated heterocycles. The maximum Gasteiger partial charge on any atom is 0.337 e. The van der Waals surface area contributed by atoms with Crippen LogP contribution in [-0.2, 0) is 11.3 Å². The summed E-state index contributed by atoms with van der Waals surface area (Å²) in [7, 11) is 0. The van der Waals surface area contributed by atoms with Crippen LogP contribution in [0.3, 0.4) is 0 Å². The first kappa shape index (κ1) is 12.8. The highest BCUT2D eigenvalue weighted by Crippen LogP contribution is 2.15. The lowest BCUT2D eigenvalue weighted by Crippen LogP contribution is -2.16. The molecule has 2 rings (SSSR count). The number of aryl methyl sites for hydroxylation is 1. The Labute approximate surface area is 109 Å². The van der Waals surface area contributed by atoms with E-state index in [1.807, 2.05) is 0 Å². The number of hydrogen-bond acceptors (Lipinski definition) is 3. The molecular weight excluding hydrogens is 246 g/mol. The molecule has 6 heteroatoms. The lowest BCUT2D eigenvalue weighted by atomic mass is 10.2. The first-order valence-electron chi connectivity index (χ1n) is 5.75. The van der Waals surface area contributed by atoms with Gasteiger partial charge in [-0.2, -0.15) is 0 Å². The summed E-state index contributed by atoms with van der Waals surface area (Å²) in [5, 5.41) is 11.6. The predicted octanol–water partition coefficient (Wildman–Crippen LogP) is 1.61. The number of carboxylic acid groups (broad SMARTS) is 1. The van der Waals surface area contributed by atoms with Crippen LogP contribution in [0.1, 0.15) is 16.8 Å². The molecule has 0 aliphatic heterocycles. The van der Waals surface area contributed by atoms with E-state index in [2.05, 4.69) is 10.3 Å². The fraction of sp³-hybridized carbons (Fsp3) is 0.154. The van der Waals surface area contributed by atoms with Crippen molar-refractivity contribution in [2.45, 2.75) is 13.0 Å². The third kappa shape index (κ3) is 3.41. The first-order valence-corrected chi connectivity index (χ1v) is 5.75. The molecule has 98 valence electrons. The summed E-state index contributed by atoms with van der Waals surface area (Å²) in [6, 6.07) is 6.31. The van der Waals surface area contributed by atoms with Gasteiger partial charge in [0.15, 0.2) is 0 Å². The van der Waals surface area contributed by atoms with E-state index in [1.165, 1.54) is 6.07 Å². The number of para-hydroxylation sites is 1. The van der Waals surface area contributed by atoms with Gasteiger partial charge in [-0.15, -0.1) is 0 Å². The number of anilines is 1. The van der Waals surface area contributed by atoms with E-state index in [0.29, 0.717) is 12.2 Å². The first-order chi connectivity index (χ1) is 9.16. The normalized spacial score (nSPS) is 10.1. The molecule has 0 aliphatic rings. The minimum Gasteiger partial charge on any atom is -0.478 e. The van der Waals surface area contributed by atoms with E-state index in [1.54, 1.807) is 41.5 Å². The smallest absolute Gasteiger partial charge is 0.337 e. The van der Waals surface area contributed by atoms with Gasteiger partial charge in [0, 0.05) is 25.4 Å². The van der Waals surface area contributed by atoms with Crippen LogP contribution in [0.5, 0.6) is 0 Å². The van der Waals surface area contributed by atoms with E-state index in [-0.39, 0.29) is 17.9 Å². The van der Waals surface area contributed by atoms with Crippen LogP contribution in [0.2, 0.25) is 0 Å². The van der Waals surface area contributed by atoms with Crippen molar-refractivity contribution >= 4 is 17.6 Å². The average molecular weight is 259 g/mol. The van der Waals surface area contributed by atoms with Gasteiger partial charge in [0.05, 0.1) is 17.6 Å². The highest BCUT2D eigenvalue weighted by molar-refractivity contribution is 6.00. The van der Waals surface area contributed by atoms with Gasteiger partial charge in [0.25, 0.3) is 0 Å². The Balaban J connectivity index is 1.97. The molecule has 0 spiro atoms. The number of benzene rings is 1. The predicted molar refractivity (Wildman–Crippen MR) is 68.9 cm³/mol. The highest BCUT2D eigenvalue weighted by atomic mass is 16.4. The number of imidazole rings is 1. The Morgan fingerprint density at radius 3 is 2.79 bits per heavy atom. The van der Waals surface area contributed by atoms with Crippen LogP contribution in [-0.4, -0.2) is 26.5 Å². The summed E-state index contributed by atoms with van der Waals surface area (Å²) in [6.45, 7) is 0.501. The molecule has 1 aromatic heterocycles. The van der Waals surface area contributed by atoms with Crippen LogP contribution in [0.4, 0.5) is 5.69 Å². The molecule has 0 fully saturated rings. The number of hydrogen-bond donors (Lipinski definition) is 2. The van der Waals surface area contributed by atoms with Gasteiger partial charge < -0.3 is 15.0 Å². The molecule has 6 nitrogen and oxygen atoms in total. The number of carboxylic acids is 1. The molecule has 0 aliphatic carbocycles. The fourth-order valence-corrected chi connectivity index (χ4v) is 1.64. The van der Waals surface area contributed by atoms with Gasteiger partial charge in [0.2, 0.25) is 5.91 Å². The Hall–Kier alpha value is -2.63. The summed E-state index contributed by atoms with van der Waals surface area (Å²) < 4.78 is 1.78. The quantitative estimate of drug-likeness (QED) is 0.854. The number of carbonyl (C=O) groups excluding carboxylic acids is 1. The van der Waals surface area contributed by atoms with Crippen LogP contribution in [0.15, 0.2) is 43.0 Å². The maximum atomic E-state index is 11.7. The molecule has 2 aromatic rings. The topological polar surface area (TPSA) is 84.2 Å². The summed E-state index contributed by atoms with van der Waals surface area (Å²) in [5.41, 5.74) is 0.393.